The third-order valence-corrected chi connectivity index (χ3v) is 4.21. The van der Waals surface area contributed by atoms with Gasteiger partial charge in [-0.1, -0.05) is 0 Å². The maximum absolute atomic E-state index is 12.6. The van der Waals surface area contributed by atoms with Gasteiger partial charge in [-0.25, -0.2) is 4.79 Å². The topological polar surface area (TPSA) is 134 Å². The minimum atomic E-state index is -1.25. The number of ether oxygens (including phenoxy) is 3. The molecule has 1 atom stereocenters. The first-order chi connectivity index (χ1) is 14.7. The van der Waals surface area contributed by atoms with Crippen molar-refractivity contribution >= 4 is 29.0 Å². The molecule has 0 radical (unpaired) electrons. The largest absolute Gasteiger partial charge is 0.493 e. The molecule has 0 aromatic heterocycles. The van der Waals surface area contributed by atoms with Crippen LogP contribution < -0.4 is 14.8 Å². The van der Waals surface area contributed by atoms with Crippen molar-refractivity contribution in [3.05, 3.63) is 57.6 Å². The third kappa shape index (κ3) is 5.78. The van der Waals surface area contributed by atoms with Gasteiger partial charge in [-0.05, 0) is 45.0 Å². The van der Waals surface area contributed by atoms with Crippen molar-refractivity contribution in [1.29, 1.82) is 0 Å². The van der Waals surface area contributed by atoms with E-state index >= 15 is 0 Å². The minimum absolute atomic E-state index is 0.105. The number of nitrogens with one attached hydrogen (secondary N) is 1. The molecule has 0 aliphatic heterocycles. The monoisotopic (exact) mass is 430 g/mol. The van der Waals surface area contributed by atoms with Crippen LogP contribution in [0.1, 0.15) is 41.5 Å². The van der Waals surface area contributed by atoms with E-state index < -0.39 is 28.6 Å². The molecule has 1 N–H and O–H groups in total. The Kier molecular flexibility index (Phi) is 7.67. The first-order valence-corrected chi connectivity index (χ1v) is 9.30. The van der Waals surface area contributed by atoms with E-state index in [1.165, 1.54) is 33.1 Å². The Morgan fingerprint density at radius 2 is 1.77 bits per heavy atom. The van der Waals surface area contributed by atoms with E-state index in [4.69, 9.17) is 14.2 Å². The van der Waals surface area contributed by atoms with E-state index in [2.05, 4.69) is 5.32 Å². The Morgan fingerprint density at radius 1 is 1.13 bits per heavy atom. The highest BCUT2D eigenvalue weighted by atomic mass is 16.6. The first kappa shape index (κ1) is 23.3. The zero-order valence-electron chi connectivity index (χ0n) is 17.5. The second-order valence-electron chi connectivity index (χ2n) is 6.38. The molecular weight excluding hydrogens is 408 g/mol. The lowest BCUT2D eigenvalue weighted by molar-refractivity contribution is -0.385. The molecule has 0 heterocycles. The summed E-state index contributed by atoms with van der Waals surface area (Å²) in [7, 11) is 1.33. The summed E-state index contributed by atoms with van der Waals surface area (Å²) in [6.45, 7) is 4.68. The van der Waals surface area contributed by atoms with Gasteiger partial charge in [0, 0.05) is 17.3 Å². The zero-order chi connectivity index (χ0) is 23.1. The van der Waals surface area contributed by atoms with Gasteiger partial charge < -0.3 is 19.5 Å². The van der Waals surface area contributed by atoms with Crippen LogP contribution in [-0.4, -0.2) is 42.4 Å². The predicted molar refractivity (Wildman–Crippen MR) is 111 cm³/mol. The van der Waals surface area contributed by atoms with Crippen molar-refractivity contribution in [3.8, 4) is 11.5 Å². The fraction of sp³-hybridized carbons (Fsp3) is 0.286. The van der Waals surface area contributed by atoms with Crippen LogP contribution in [0, 0.1) is 10.1 Å². The number of anilines is 1. The lowest BCUT2D eigenvalue weighted by atomic mass is 10.1. The maximum Gasteiger partial charge on any atom is 0.346 e. The highest BCUT2D eigenvalue weighted by molar-refractivity contribution is 6.00. The van der Waals surface area contributed by atoms with Crippen LogP contribution in [0.4, 0.5) is 11.4 Å². The summed E-state index contributed by atoms with van der Waals surface area (Å²) in [5.74, 6) is -1.62. The number of nitro groups is 1. The van der Waals surface area contributed by atoms with Gasteiger partial charge in [0.15, 0.2) is 23.4 Å². The van der Waals surface area contributed by atoms with Gasteiger partial charge in [0.05, 0.1) is 24.7 Å². The van der Waals surface area contributed by atoms with Crippen molar-refractivity contribution in [3.63, 3.8) is 0 Å². The fourth-order valence-electron chi connectivity index (χ4n) is 2.60. The average molecular weight is 430 g/mol. The summed E-state index contributed by atoms with van der Waals surface area (Å²) in [6.07, 6.45) is -1.25. The van der Waals surface area contributed by atoms with E-state index in [0.717, 1.165) is 12.1 Å². The van der Waals surface area contributed by atoms with Gasteiger partial charge in [0.1, 0.15) is 5.56 Å². The van der Waals surface area contributed by atoms with Gasteiger partial charge in [0.25, 0.3) is 11.6 Å². The van der Waals surface area contributed by atoms with Crippen molar-refractivity contribution in [2.75, 3.05) is 19.0 Å². The Balaban J connectivity index is 2.18. The van der Waals surface area contributed by atoms with Crippen molar-refractivity contribution in [1.82, 2.24) is 0 Å². The number of hydrogen-bond donors (Lipinski definition) is 1. The molecule has 2 rings (SSSR count). The number of methoxy groups -OCH3 is 1. The van der Waals surface area contributed by atoms with Crippen molar-refractivity contribution in [2.45, 2.75) is 26.9 Å². The third-order valence-electron chi connectivity index (χ3n) is 4.21. The summed E-state index contributed by atoms with van der Waals surface area (Å²) in [5.41, 5.74) is -0.0432. The number of rotatable bonds is 9. The normalized spacial score (nSPS) is 11.2. The van der Waals surface area contributed by atoms with Crippen LogP contribution in [0.2, 0.25) is 0 Å². The number of esters is 1. The molecule has 0 saturated heterocycles. The van der Waals surface area contributed by atoms with E-state index in [1.807, 2.05) is 0 Å². The highest BCUT2D eigenvalue weighted by Crippen LogP contribution is 2.35. The fourth-order valence-corrected chi connectivity index (χ4v) is 2.60. The summed E-state index contributed by atoms with van der Waals surface area (Å²) in [4.78, 5) is 46.9. The first-order valence-electron chi connectivity index (χ1n) is 9.30. The molecule has 0 bridgehead atoms. The smallest absolute Gasteiger partial charge is 0.346 e. The second kappa shape index (κ2) is 10.2. The summed E-state index contributed by atoms with van der Waals surface area (Å²) < 4.78 is 15.5. The number of hydrogen-bond acceptors (Lipinski definition) is 8. The Bertz CT molecular complexity index is 1000. The van der Waals surface area contributed by atoms with Gasteiger partial charge >= 0.3 is 5.97 Å². The van der Waals surface area contributed by atoms with Crippen LogP contribution in [0.15, 0.2) is 36.4 Å². The summed E-state index contributed by atoms with van der Waals surface area (Å²) in [6, 6.07) is 8.36. The highest BCUT2D eigenvalue weighted by Gasteiger charge is 2.28. The molecule has 0 fully saturated rings. The molecule has 2 aromatic carbocycles. The molecule has 164 valence electrons. The van der Waals surface area contributed by atoms with E-state index in [-0.39, 0.29) is 29.5 Å². The number of nitro benzene ring substituents is 1. The lowest BCUT2D eigenvalue weighted by Crippen LogP contribution is -2.30. The Morgan fingerprint density at radius 3 is 2.29 bits per heavy atom. The Labute approximate surface area is 178 Å². The minimum Gasteiger partial charge on any atom is -0.493 e. The van der Waals surface area contributed by atoms with E-state index in [9.17, 15) is 24.5 Å². The van der Waals surface area contributed by atoms with Crippen LogP contribution in [0.3, 0.4) is 0 Å². The summed E-state index contributed by atoms with van der Waals surface area (Å²) in [5, 5.41) is 14.0. The molecule has 1 unspecified atom stereocenters. The van der Waals surface area contributed by atoms with Gasteiger partial charge in [-0.3, -0.25) is 19.7 Å². The lowest BCUT2D eigenvalue weighted by Gasteiger charge is -2.15. The number of carbonyl (C=O) groups excluding carboxylic acids is 3. The number of benzene rings is 2. The number of carbonyl (C=O) groups is 3. The van der Waals surface area contributed by atoms with Crippen LogP contribution >= 0.6 is 0 Å². The number of amides is 1. The predicted octanol–water partition coefficient (Wildman–Crippen LogP) is 3.39. The SMILES string of the molecule is CCOc1cc([N+](=O)[O-])c(C(=O)OC(C)C(=O)Nc2ccc(C(C)=O)cc2)cc1OC. The molecule has 31 heavy (non-hydrogen) atoms. The summed E-state index contributed by atoms with van der Waals surface area (Å²) >= 11 is 0. The molecule has 0 saturated carbocycles. The van der Waals surface area contributed by atoms with Crippen molar-refractivity contribution in [2.24, 2.45) is 0 Å². The quantitative estimate of drug-likeness (QED) is 0.277. The molecule has 0 spiro atoms. The molecule has 1 amide bonds. The number of ketones is 1. The molecule has 10 heteroatoms. The number of nitrogens with zero attached hydrogens (tertiary/aromatic N) is 1. The van der Waals surface area contributed by atoms with Crippen LogP contribution in [0.5, 0.6) is 11.5 Å². The van der Waals surface area contributed by atoms with Crippen LogP contribution in [0.25, 0.3) is 0 Å². The molecule has 0 aliphatic carbocycles. The zero-order valence-corrected chi connectivity index (χ0v) is 17.5. The molecule has 0 aliphatic rings. The molecule has 2 aromatic rings. The van der Waals surface area contributed by atoms with Crippen molar-refractivity contribution < 1.29 is 33.5 Å². The van der Waals surface area contributed by atoms with Gasteiger partial charge in [0.2, 0.25) is 0 Å². The van der Waals surface area contributed by atoms with Gasteiger partial charge in [-0.15, -0.1) is 0 Å². The number of Topliss-reactive ketones (excluding diaryl/α,β-unsaturated/α-hetero) is 1. The molecular formula is C21H22N2O8. The standard InChI is InChI=1S/C21H22N2O8/c1-5-30-19-11-17(23(27)28)16(10-18(19)29-4)21(26)31-13(3)20(25)22-15-8-6-14(7-9-15)12(2)24/h6-11,13H,5H2,1-4H3,(H,22,25). The van der Waals surface area contributed by atoms with E-state index in [0.29, 0.717) is 11.3 Å². The maximum atomic E-state index is 12.6. The van der Waals surface area contributed by atoms with Crippen LogP contribution in [-0.2, 0) is 9.53 Å². The average Bonchev–Trinajstić information content (AvgIpc) is 2.73. The Hall–Kier alpha value is -3.95. The van der Waals surface area contributed by atoms with Gasteiger partial charge in [-0.2, -0.15) is 0 Å². The second-order valence-corrected chi connectivity index (χ2v) is 6.38. The van der Waals surface area contributed by atoms with E-state index in [1.54, 1.807) is 19.1 Å². The molecule has 10 nitrogen and oxygen atoms in total.